The van der Waals surface area contributed by atoms with Gasteiger partial charge in [-0.05, 0) is 13.8 Å². The van der Waals surface area contributed by atoms with E-state index in [1.165, 1.54) is 0 Å². The van der Waals surface area contributed by atoms with Crippen molar-refractivity contribution < 1.29 is 9.47 Å². The van der Waals surface area contributed by atoms with Gasteiger partial charge in [-0.3, -0.25) is 0 Å². The zero-order valence-electron chi connectivity index (χ0n) is 7.26. The van der Waals surface area contributed by atoms with E-state index >= 15 is 0 Å². The lowest BCUT2D eigenvalue weighted by Crippen LogP contribution is -2.39. The van der Waals surface area contributed by atoms with E-state index in [1.807, 2.05) is 6.92 Å². The Bertz CT molecular complexity index is 127. The van der Waals surface area contributed by atoms with Crippen molar-refractivity contribution >= 4 is 11.6 Å². The molecule has 2 atom stereocenters. The molecule has 0 N–H and O–H groups in total. The lowest BCUT2D eigenvalue weighted by atomic mass is 10.2. The van der Waals surface area contributed by atoms with Crippen LogP contribution in [-0.2, 0) is 9.47 Å². The maximum atomic E-state index is 5.88. The van der Waals surface area contributed by atoms with E-state index in [1.54, 1.807) is 20.1 Å². The summed E-state index contributed by atoms with van der Waals surface area (Å²) in [5.41, 5.74) is 0. The summed E-state index contributed by atoms with van der Waals surface area (Å²) in [4.78, 5) is 0. The molecule has 0 amide bonds. The predicted molar refractivity (Wildman–Crippen MR) is 46.9 cm³/mol. The molecular weight excluding hydrogens is 164 g/mol. The van der Waals surface area contributed by atoms with E-state index in [9.17, 15) is 0 Å². The van der Waals surface area contributed by atoms with Gasteiger partial charge in [-0.25, -0.2) is 0 Å². The minimum atomic E-state index is -0.752. The molecule has 0 aliphatic rings. The van der Waals surface area contributed by atoms with Gasteiger partial charge in [0.05, 0.1) is 0 Å². The van der Waals surface area contributed by atoms with E-state index in [4.69, 9.17) is 21.1 Å². The Morgan fingerprint density at radius 2 is 2.27 bits per heavy atom. The van der Waals surface area contributed by atoms with Crippen LogP contribution >= 0.6 is 11.6 Å². The minimum absolute atomic E-state index is 0.326. The van der Waals surface area contributed by atoms with Crippen molar-refractivity contribution in [2.75, 3.05) is 13.7 Å². The molecule has 0 aliphatic carbocycles. The molecule has 0 saturated carbocycles. The fraction of sp³-hybridized carbons (Fsp3) is 0.750. The maximum Gasteiger partial charge on any atom is 0.184 e. The smallest absolute Gasteiger partial charge is 0.184 e. The predicted octanol–water partition coefficient (Wildman–Crippen LogP) is 2.18. The lowest BCUT2D eigenvalue weighted by Gasteiger charge is -2.30. The van der Waals surface area contributed by atoms with Crippen LogP contribution < -0.4 is 0 Å². The summed E-state index contributed by atoms with van der Waals surface area (Å²) in [6, 6.07) is 0. The molecule has 2 nitrogen and oxygen atoms in total. The van der Waals surface area contributed by atoms with Gasteiger partial charge < -0.3 is 9.47 Å². The summed E-state index contributed by atoms with van der Waals surface area (Å²) < 4.78 is 10.4. The van der Waals surface area contributed by atoms with Gasteiger partial charge in [-0.1, -0.05) is 6.08 Å². The average molecular weight is 179 g/mol. The molecule has 0 radical (unpaired) electrons. The van der Waals surface area contributed by atoms with Crippen LogP contribution in [-0.4, -0.2) is 24.9 Å². The van der Waals surface area contributed by atoms with Gasteiger partial charge in [-0.2, -0.15) is 0 Å². The highest BCUT2D eigenvalue weighted by atomic mass is 35.5. The Balaban J connectivity index is 4.18. The topological polar surface area (TPSA) is 18.5 Å². The Kier molecular flexibility index (Phi) is 4.73. The van der Waals surface area contributed by atoms with Crippen LogP contribution in [0.15, 0.2) is 12.7 Å². The van der Waals surface area contributed by atoms with Crippen LogP contribution in [0.2, 0.25) is 0 Å². The van der Waals surface area contributed by atoms with Crippen molar-refractivity contribution in [2.24, 2.45) is 0 Å². The summed E-state index contributed by atoms with van der Waals surface area (Å²) in [5, 5.41) is -0.326. The van der Waals surface area contributed by atoms with E-state index < -0.39 is 5.79 Å². The average Bonchev–Trinajstić information content (AvgIpc) is 2.03. The number of hydrogen-bond acceptors (Lipinski definition) is 2. The zero-order chi connectivity index (χ0) is 8.91. The molecular formula is C8H15ClO2. The molecule has 0 aromatic rings. The second-order valence-electron chi connectivity index (χ2n) is 2.29. The van der Waals surface area contributed by atoms with Crippen LogP contribution in [0.5, 0.6) is 0 Å². The Hall–Kier alpha value is -0.0500. The summed E-state index contributed by atoms with van der Waals surface area (Å²) in [5.74, 6) is -0.752. The highest BCUT2D eigenvalue weighted by Crippen LogP contribution is 2.22. The third kappa shape index (κ3) is 2.81. The third-order valence-corrected chi connectivity index (χ3v) is 2.12. The molecule has 0 bridgehead atoms. The molecule has 0 heterocycles. The molecule has 3 heteroatoms. The Morgan fingerprint density at radius 3 is 2.55 bits per heavy atom. The number of methoxy groups -OCH3 is 1. The Morgan fingerprint density at radius 1 is 1.73 bits per heavy atom. The molecule has 11 heavy (non-hydrogen) atoms. The molecule has 0 aliphatic heterocycles. The van der Waals surface area contributed by atoms with Gasteiger partial charge in [0.25, 0.3) is 0 Å². The first kappa shape index (κ1) is 11.0. The van der Waals surface area contributed by atoms with Gasteiger partial charge in [-0.15, -0.1) is 18.2 Å². The van der Waals surface area contributed by atoms with Crippen LogP contribution in [0.3, 0.4) is 0 Å². The van der Waals surface area contributed by atoms with Crippen molar-refractivity contribution in [1.82, 2.24) is 0 Å². The summed E-state index contributed by atoms with van der Waals surface area (Å²) >= 11 is 5.88. The molecule has 0 spiro atoms. The first-order chi connectivity index (χ1) is 5.10. The fourth-order valence-electron chi connectivity index (χ4n) is 0.752. The number of halogens is 1. The third-order valence-electron chi connectivity index (χ3n) is 1.54. The van der Waals surface area contributed by atoms with Gasteiger partial charge in [0.2, 0.25) is 0 Å². The van der Waals surface area contributed by atoms with Crippen molar-refractivity contribution in [1.29, 1.82) is 0 Å². The molecule has 66 valence electrons. The first-order valence-electron chi connectivity index (χ1n) is 3.56. The van der Waals surface area contributed by atoms with Crippen LogP contribution in [0.4, 0.5) is 0 Å². The fourth-order valence-corrected chi connectivity index (χ4v) is 0.904. The summed E-state index contributed by atoms with van der Waals surface area (Å²) in [6.07, 6.45) is 1.60. The van der Waals surface area contributed by atoms with Gasteiger partial charge in [0.1, 0.15) is 5.38 Å². The second kappa shape index (κ2) is 4.75. The zero-order valence-corrected chi connectivity index (χ0v) is 8.02. The number of alkyl halides is 1. The number of hydrogen-bond donors (Lipinski definition) is 0. The van der Waals surface area contributed by atoms with E-state index in [2.05, 4.69) is 6.58 Å². The quantitative estimate of drug-likeness (QED) is 0.365. The van der Waals surface area contributed by atoms with Crippen LogP contribution in [0, 0.1) is 0 Å². The largest absolute Gasteiger partial charge is 0.352 e. The Labute approximate surface area is 73.1 Å². The van der Waals surface area contributed by atoms with Crippen LogP contribution in [0.1, 0.15) is 13.8 Å². The van der Waals surface area contributed by atoms with Crippen molar-refractivity contribution in [3.8, 4) is 0 Å². The molecule has 0 saturated heterocycles. The molecule has 0 fully saturated rings. The van der Waals surface area contributed by atoms with Crippen molar-refractivity contribution in [3.05, 3.63) is 12.7 Å². The van der Waals surface area contributed by atoms with E-state index in [0.29, 0.717) is 6.61 Å². The highest BCUT2D eigenvalue weighted by Gasteiger charge is 2.31. The summed E-state index contributed by atoms with van der Waals surface area (Å²) in [7, 11) is 1.56. The maximum absolute atomic E-state index is 5.88. The van der Waals surface area contributed by atoms with Crippen molar-refractivity contribution in [2.45, 2.75) is 25.0 Å². The molecule has 0 aromatic carbocycles. The molecule has 0 rings (SSSR count). The van der Waals surface area contributed by atoms with E-state index in [0.717, 1.165) is 0 Å². The van der Waals surface area contributed by atoms with E-state index in [-0.39, 0.29) is 5.38 Å². The second-order valence-corrected chi connectivity index (χ2v) is 2.76. The number of ether oxygens (including phenoxy) is 2. The lowest BCUT2D eigenvalue weighted by molar-refractivity contribution is -0.202. The number of rotatable bonds is 5. The minimum Gasteiger partial charge on any atom is -0.352 e. The van der Waals surface area contributed by atoms with Crippen molar-refractivity contribution in [3.63, 3.8) is 0 Å². The standard InChI is InChI=1S/C8H15ClO2/c1-5-7(9)8(3,10-4)11-6-2/h5,7H,1,6H2,2-4H3. The SMILES string of the molecule is C=CC(Cl)C(C)(OC)OCC. The van der Waals surface area contributed by atoms with Gasteiger partial charge in [0, 0.05) is 13.7 Å². The molecule has 2 unspecified atom stereocenters. The summed E-state index contributed by atoms with van der Waals surface area (Å²) in [6.45, 7) is 7.82. The normalized spacial score (nSPS) is 18.9. The monoisotopic (exact) mass is 178 g/mol. The van der Waals surface area contributed by atoms with Gasteiger partial charge >= 0.3 is 0 Å². The van der Waals surface area contributed by atoms with Gasteiger partial charge in [0.15, 0.2) is 5.79 Å². The highest BCUT2D eigenvalue weighted by molar-refractivity contribution is 6.22. The van der Waals surface area contributed by atoms with Crippen LogP contribution in [0.25, 0.3) is 0 Å². The molecule has 0 aromatic heterocycles. The first-order valence-corrected chi connectivity index (χ1v) is 4.00.